The normalized spacial score (nSPS) is 22.5. The lowest BCUT2D eigenvalue weighted by Gasteiger charge is -2.15. The van der Waals surface area contributed by atoms with Crippen LogP contribution in [0.25, 0.3) is 0 Å². The van der Waals surface area contributed by atoms with Crippen molar-refractivity contribution in [3.8, 4) is 0 Å². The molecule has 1 aromatic rings. The predicted octanol–water partition coefficient (Wildman–Crippen LogP) is 2.18. The molecule has 0 saturated carbocycles. The molecule has 1 aliphatic rings. The third-order valence-electron chi connectivity index (χ3n) is 3.72. The fourth-order valence-electron chi connectivity index (χ4n) is 2.63. The molecule has 1 heterocycles. The van der Waals surface area contributed by atoms with Crippen LogP contribution in [0.15, 0.2) is 54.6 Å². The van der Waals surface area contributed by atoms with Crippen molar-refractivity contribution in [1.29, 1.82) is 0 Å². The van der Waals surface area contributed by atoms with Gasteiger partial charge in [-0.15, -0.1) is 0 Å². The largest absolute Gasteiger partial charge is 0.383 e. The van der Waals surface area contributed by atoms with Gasteiger partial charge in [0.15, 0.2) is 0 Å². The second-order valence-electron chi connectivity index (χ2n) is 5.20. The molecule has 0 amide bonds. The maximum absolute atomic E-state index is 6.32. The summed E-state index contributed by atoms with van der Waals surface area (Å²) in [4.78, 5) is 2.38. The molecule has 1 aromatic carbocycles. The summed E-state index contributed by atoms with van der Waals surface area (Å²) in [5, 5.41) is 0. The van der Waals surface area contributed by atoms with Crippen molar-refractivity contribution in [3.05, 3.63) is 60.2 Å². The Morgan fingerprint density at radius 3 is 2.25 bits per heavy atom. The standard InChI is InChI=1S/C17H24N2O/c1-20-12-11-19-13-16(17(18)14-19)15-9-7-5-3-2-4-6-8-10-15/h2-10,16-17H,11-14,18H2,1H3. The predicted molar refractivity (Wildman–Crippen MR) is 83.1 cm³/mol. The van der Waals surface area contributed by atoms with Gasteiger partial charge in [0.25, 0.3) is 0 Å². The summed E-state index contributed by atoms with van der Waals surface area (Å²) >= 11 is 0. The van der Waals surface area contributed by atoms with Gasteiger partial charge >= 0.3 is 0 Å². The van der Waals surface area contributed by atoms with Gasteiger partial charge in [-0.1, -0.05) is 54.6 Å². The molecular formula is C17H24N2O. The van der Waals surface area contributed by atoms with Crippen LogP contribution in [0.2, 0.25) is 0 Å². The first-order valence-electron chi connectivity index (χ1n) is 7.16. The zero-order valence-corrected chi connectivity index (χ0v) is 12.1. The van der Waals surface area contributed by atoms with Crippen molar-refractivity contribution in [2.75, 3.05) is 33.4 Å². The number of ether oxygens (including phenoxy) is 1. The number of likely N-dealkylation sites (tertiary alicyclic amines) is 1. The van der Waals surface area contributed by atoms with Crippen molar-refractivity contribution < 1.29 is 4.74 Å². The summed E-state index contributed by atoms with van der Waals surface area (Å²) in [6, 6.07) is 18.9. The Morgan fingerprint density at radius 2 is 1.65 bits per heavy atom. The second kappa shape index (κ2) is 8.00. The van der Waals surface area contributed by atoms with Crippen molar-refractivity contribution >= 4 is 0 Å². The second-order valence-corrected chi connectivity index (χ2v) is 5.20. The molecule has 2 atom stereocenters. The first-order chi connectivity index (χ1) is 9.81. The molecule has 0 aromatic heterocycles. The molecule has 3 heteroatoms. The summed E-state index contributed by atoms with van der Waals surface area (Å²) in [7, 11) is 1.74. The van der Waals surface area contributed by atoms with Gasteiger partial charge in [0, 0.05) is 38.7 Å². The zero-order chi connectivity index (χ0) is 14.2. The van der Waals surface area contributed by atoms with Crippen molar-refractivity contribution in [3.63, 3.8) is 0 Å². The minimum atomic E-state index is 0.193. The Balaban J connectivity index is 2.15. The topological polar surface area (TPSA) is 38.5 Å². The quantitative estimate of drug-likeness (QED) is 0.913. The van der Waals surface area contributed by atoms with Crippen LogP contribution in [-0.2, 0) is 4.74 Å². The molecule has 0 radical (unpaired) electrons. The van der Waals surface area contributed by atoms with Crippen molar-refractivity contribution in [2.24, 2.45) is 5.73 Å². The molecule has 0 bridgehead atoms. The minimum Gasteiger partial charge on any atom is -0.383 e. The highest BCUT2D eigenvalue weighted by atomic mass is 16.5. The Hall–Kier alpha value is -1.42. The Bertz CT molecular complexity index is 438. The van der Waals surface area contributed by atoms with Gasteiger partial charge in [-0.3, -0.25) is 4.90 Å². The number of methoxy groups -OCH3 is 1. The van der Waals surface area contributed by atoms with E-state index in [2.05, 4.69) is 29.2 Å². The highest BCUT2D eigenvalue weighted by molar-refractivity contribution is 5.21. The molecule has 20 heavy (non-hydrogen) atoms. The molecule has 2 unspecified atom stereocenters. The number of hydrogen-bond donors (Lipinski definition) is 1. The van der Waals surface area contributed by atoms with E-state index in [1.807, 2.05) is 30.3 Å². The average Bonchev–Trinajstić information content (AvgIpc) is 2.83. The van der Waals surface area contributed by atoms with Crippen LogP contribution >= 0.6 is 0 Å². The van der Waals surface area contributed by atoms with Gasteiger partial charge in [-0.2, -0.15) is 0 Å². The SMILES string of the molecule is COCCN1CC(N)C(c2ccccccccc2)C1. The van der Waals surface area contributed by atoms with Crippen LogP contribution < -0.4 is 5.73 Å². The third-order valence-corrected chi connectivity index (χ3v) is 3.72. The van der Waals surface area contributed by atoms with Gasteiger partial charge in [-0.05, 0) is 5.56 Å². The molecule has 1 saturated heterocycles. The number of nitrogens with two attached hydrogens (primary N) is 1. The van der Waals surface area contributed by atoms with E-state index in [-0.39, 0.29) is 6.04 Å². The Morgan fingerprint density at radius 1 is 1.05 bits per heavy atom. The summed E-state index contributed by atoms with van der Waals surface area (Å²) in [6.45, 7) is 3.67. The summed E-state index contributed by atoms with van der Waals surface area (Å²) in [5.41, 5.74) is 7.62. The highest BCUT2D eigenvalue weighted by Crippen LogP contribution is 2.25. The van der Waals surface area contributed by atoms with Crippen LogP contribution in [0.4, 0.5) is 0 Å². The molecule has 0 aliphatic carbocycles. The lowest BCUT2D eigenvalue weighted by Crippen LogP contribution is -2.30. The molecule has 0 spiro atoms. The van der Waals surface area contributed by atoms with Crippen LogP contribution in [0.1, 0.15) is 11.5 Å². The van der Waals surface area contributed by atoms with Crippen LogP contribution in [-0.4, -0.2) is 44.3 Å². The maximum Gasteiger partial charge on any atom is 0.0589 e. The molecule has 1 fully saturated rings. The monoisotopic (exact) mass is 272 g/mol. The molecule has 2 rings (SSSR count). The van der Waals surface area contributed by atoms with E-state index in [1.54, 1.807) is 7.11 Å². The first-order valence-corrected chi connectivity index (χ1v) is 7.16. The Kier molecular flexibility index (Phi) is 5.99. The molecule has 3 nitrogen and oxygen atoms in total. The Labute approximate surface area is 121 Å². The third kappa shape index (κ3) is 4.30. The fraction of sp³-hybridized carbons (Fsp3) is 0.412. The van der Waals surface area contributed by atoms with Gasteiger partial charge in [0.2, 0.25) is 0 Å². The van der Waals surface area contributed by atoms with Crippen LogP contribution in [0, 0.1) is 0 Å². The van der Waals surface area contributed by atoms with Gasteiger partial charge in [0.1, 0.15) is 0 Å². The summed E-state index contributed by atoms with van der Waals surface area (Å²) < 4.78 is 5.15. The summed E-state index contributed by atoms with van der Waals surface area (Å²) in [5.74, 6) is 0.393. The number of hydrogen-bond acceptors (Lipinski definition) is 3. The molecule has 108 valence electrons. The molecule has 2 N–H and O–H groups in total. The average molecular weight is 272 g/mol. The summed E-state index contributed by atoms with van der Waals surface area (Å²) in [6.07, 6.45) is 0. The van der Waals surface area contributed by atoms with E-state index in [0.717, 1.165) is 26.2 Å². The fourth-order valence-corrected chi connectivity index (χ4v) is 2.63. The van der Waals surface area contributed by atoms with E-state index in [0.29, 0.717) is 5.92 Å². The van der Waals surface area contributed by atoms with Crippen molar-refractivity contribution in [1.82, 2.24) is 4.90 Å². The van der Waals surface area contributed by atoms with E-state index in [1.165, 1.54) is 5.56 Å². The van der Waals surface area contributed by atoms with Gasteiger partial charge < -0.3 is 10.5 Å². The van der Waals surface area contributed by atoms with E-state index in [9.17, 15) is 0 Å². The minimum absolute atomic E-state index is 0.193. The van der Waals surface area contributed by atoms with Crippen LogP contribution in [0.3, 0.4) is 0 Å². The van der Waals surface area contributed by atoms with E-state index >= 15 is 0 Å². The molecular weight excluding hydrogens is 248 g/mol. The van der Waals surface area contributed by atoms with E-state index in [4.69, 9.17) is 10.5 Å². The first kappa shape index (κ1) is 15.0. The smallest absolute Gasteiger partial charge is 0.0589 e. The zero-order valence-electron chi connectivity index (χ0n) is 12.1. The molecule has 1 aliphatic heterocycles. The van der Waals surface area contributed by atoms with Crippen LogP contribution in [0.5, 0.6) is 0 Å². The lowest BCUT2D eigenvalue weighted by molar-refractivity contribution is 0.160. The number of rotatable bonds is 4. The van der Waals surface area contributed by atoms with E-state index < -0.39 is 0 Å². The highest BCUT2D eigenvalue weighted by Gasteiger charge is 2.30. The van der Waals surface area contributed by atoms with Crippen molar-refractivity contribution in [2.45, 2.75) is 12.0 Å². The van der Waals surface area contributed by atoms with Gasteiger partial charge in [-0.25, -0.2) is 0 Å². The van der Waals surface area contributed by atoms with Gasteiger partial charge in [0.05, 0.1) is 6.61 Å². The maximum atomic E-state index is 6.32. The number of nitrogens with zero attached hydrogens (tertiary/aromatic N) is 1. The lowest BCUT2D eigenvalue weighted by atomic mass is 9.96.